The fourth-order valence-electron chi connectivity index (χ4n) is 3.28. The molecule has 0 atom stereocenters. The van der Waals surface area contributed by atoms with Gasteiger partial charge in [0.25, 0.3) is 0 Å². The Balaban J connectivity index is 2.21. The summed E-state index contributed by atoms with van der Waals surface area (Å²) in [7, 11) is 4.74. The van der Waals surface area contributed by atoms with E-state index in [-0.39, 0.29) is 5.97 Å². The maximum absolute atomic E-state index is 11.3. The number of aromatic nitrogens is 1. The van der Waals surface area contributed by atoms with E-state index in [1.54, 1.807) is 27.4 Å². The molecule has 1 heterocycles. The Hall–Kier alpha value is -3.19. The predicted molar refractivity (Wildman–Crippen MR) is 107 cm³/mol. The lowest BCUT2D eigenvalue weighted by atomic mass is 10.1. The van der Waals surface area contributed by atoms with Crippen molar-refractivity contribution in [1.29, 1.82) is 0 Å². The van der Waals surface area contributed by atoms with Gasteiger partial charge in [0.1, 0.15) is 5.75 Å². The first-order valence-electron chi connectivity index (χ1n) is 8.85. The van der Waals surface area contributed by atoms with Crippen molar-refractivity contribution in [1.82, 2.24) is 4.57 Å². The second-order valence-corrected chi connectivity index (χ2v) is 6.22. The predicted octanol–water partition coefficient (Wildman–Crippen LogP) is 3.08. The number of carbonyl (C=O) groups is 1. The minimum Gasteiger partial charge on any atom is -0.493 e. The van der Waals surface area contributed by atoms with Crippen molar-refractivity contribution >= 4 is 16.9 Å². The molecule has 0 amide bonds. The molecular weight excluding hydrogens is 360 g/mol. The molecule has 3 rings (SSSR count). The van der Waals surface area contributed by atoms with Crippen LogP contribution in [0.5, 0.6) is 23.0 Å². The van der Waals surface area contributed by atoms with Crippen LogP contribution in [0, 0.1) is 0 Å². The number of carbonyl (C=O) groups excluding carboxylic acids is 1. The highest BCUT2D eigenvalue weighted by atomic mass is 16.5. The Morgan fingerprint density at radius 1 is 1.04 bits per heavy atom. The Labute approximate surface area is 163 Å². The number of ether oxygens (including phenoxy) is 4. The van der Waals surface area contributed by atoms with Crippen LogP contribution >= 0.6 is 0 Å². The lowest BCUT2D eigenvalue weighted by Gasteiger charge is -2.15. The molecule has 0 bridgehead atoms. The maximum Gasteiger partial charge on any atom is 0.308 e. The number of esters is 1. The van der Waals surface area contributed by atoms with Crippen molar-refractivity contribution < 1.29 is 23.7 Å². The smallest absolute Gasteiger partial charge is 0.308 e. The van der Waals surface area contributed by atoms with E-state index in [1.807, 2.05) is 35.0 Å². The Bertz CT molecular complexity index is 984. The molecule has 3 aromatic rings. The summed E-state index contributed by atoms with van der Waals surface area (Å²) in [5, 5.41) is 0.970. The first-order chi connectivity index (χ1) is 13.5. The third-order valence-electron chi connectivity index (χ3n) is 4.46. The number of fused-ring (bicyclic) bond motifs is 1. The number of nitrogens with zero attached hydrogens (tertiary/aromatic N) is 1. The Morgan fingerprint density at radius 2 is 1.71 bits per heavy atom. The largest absolute Gasteiger partial charge is 0.493 e. The van der Waals surface area contributed by atoms with E-state index < -0.39 is 0 Å². The summed E-state index contributed by atoms with van der Waals surface area (Å²) in [6, 6.07) is 9.30. The number of hydrogen-bond acceptors (Lipinski definition) is 6. The molecule has 0 aliphatic carbocycles. The number of rotatable bonds is 7. The second kappa shape index (κ2) is 8.22. The summed E-state index contributed by atoms with van der Waals surface area (Å²) in [6.07, 6.45) is 2.72. The highest BCUT2D eigenvalue weighted by Gasteiger charge is 2.17. The van der Waals surface area contributed by atoms with Crippen molar-refractivity contribution in [3.8, 4) is 28.7 Å². The summed E-state index contributed by atoms with van der Waals surface area (Å²) < 4.78 is 23.6. The van der Waals surface area contributed by atoms with Gasteiger partial charge in [-0.1, -0.05) is 0 Å². The molecule has 0 fully saturated rings. The molecule has 7 heteroatoms. The molecule has 0 radical (unpaired) electrons. The van der Waals surface area contributed by atoms with E-state index >= 15 is 0 Å². The van der Waals surface area contributed by atoms with Crippen LogP contribution in [0.15, 0.2) is 36.5 Å². The topological polar surface area (TPSA) is 84.9 Å². The van der Waals surface area contributed by atoms with Gasteiger partial charge in [-0.2, -0.15) is 0 Å². The molecule has 1 aromatic heterocycles. The van der Waals surface area contributed by atoms with Crippen LogP contribution in [0.2, 0.25) is 0 Å². The fourth-order valence-corrected chi connectivity index (χ4v) is 3.28. The molecule has 0 unspecified atom stereocenters. The van der Waals surface area contributed by atoms with Gasteiger partial charge in [0.15, 0.2) is 11.5 Å². The van der Waals surface area contributed by atoms with Crippen LogP contribution in [-0.2, 0) is 11.2 Å². The molecule has 148 valence electrons. The molecule has 2 N–H and O–H groups in total. The minimum atomic E-state index is -0.358. The van der Waals surface area contributed by atoms with E-state index in [0.29, 0.717) is 36.0 Å². The fraction of sp³-hybridized carbons (Fsp3) is 0.286. The van der Waals surface area contributed by atoms with Crippen LogP contribution in [0.3, 0.4) is 0 Å². The molecule has 2 aromatic carbocycles. The highest BCUT2D eigenvalue weighted by molar-refractivity contribution is 5.88. The van der Waals surface area contributed by atoms with Gasteiger partial charge < -0.3 is 29.2 Å². The molecule has 0 saturated carbocycles. The second-order valence-electron chi connectivity index (χ2n) is 6.22. The third kappa shape index (κ3) is 3.61. The monoisotopic (exact) mass is 384 g/mol. The van der Waals surface area contributed by atoms with Crippen LogP contribution in [0.1, 0.15) is 12.5 Å². The summed E-state index contributed by atoms with van der Waals surface area (Å²) in [6.45, 7) is 1.89. The summed E-state index contributed by atoms with van der Waals surface area (Å²) in [5.74, 6) is 1.81. The van der Waals surface area contributed by atoms with Gasteiger partial charge in [-0.25, -0.2) is 0 Å². The van der Waals surface area contributed by atoms with E-state index in [2.05, 4.69) is 0 Å². The molecule has 7 nitrogen and oxygen atoms in total. The van der Waals surface area contributed by atoms with Crippen molar-refractivity contribution in [2.24, 2.45) is 5.73 Å². The molecule has 0 aliphatic heterocycles. The van der Waals surface area contributed by atoms with Crippen molar-refractivity contribution in [3.63, 3.8) is 0 Å². The average molecular weight is 384 g/mol. The number of hydrogen-bond donors (Lipinski definition) is 1. The van der Waals surface area contributed by atoms with Gasteiger partial charge >= 0.3 is 5.97 Å². The number of benzene rings is 2. The average Bonchev–Trinajstić information content (AvgIpc) is 3.04. The normalized spacial score (nSPS) is 10.8. The van der Waals surface area contributed by atoms with Gasteiger partial charge in [-0.05, 0) is 36.7 Å². The maximum atomic E-state index is 11.3. The molecule has 28 heavy (non-hydrogen) atoms. The zero-order valence-corrected chi connectivity index (χ0v) is 16.4. The van der Waals surface area contributed by atoms with Crippen LogP contribution in [0.4, 0.5) is 0 Å². The Kier molecular flexibility index (Phi) is 5.75. The lowest BCUT2D eigenvalue weighted by Crippen LogP contribution is -2.02. The van der Waals surface area contributed by atoms with E-state index in [1.165, 1.54) is 6.92 Å². The van der Waals surface area contributed by atoms with E-state index in [4.69, 9.17) is 24.7 Å². The van der Waals surface area contributed by atoms with Crippen LogP contribution < -0.4 is 24.7 Å². The molecule has 0 aliphatic rings. The number of methoxy groups -OCH3 is 3. The highest BCUT2D eigenvalue weighted by Crippen LogP contribution is 2.40. The Morgan fingerprint density at radius 3 is 2.25 bits per heavy atom. The first-order valence-corrected chi connectivity index (χ1v) is 8.85. The van der Waals surface area contributed by atoms with Crippen molar-refractivity contribution in [2.75, 3.05) is 27.9 Å². The summed E-state index contributed by atoms with van der Waals surface area (Å²) in [4.78, 5) is 11.3. The van der Waals surface area contributed by atoms with Gasteiger partial charge in [0.2, 0.25) is 5.75 Å². The zero-order chi connectivity index (χ0) is 20.3. The number of nitrogens with two attached hydrogens (primary N) is 1. The van der Waals surface area contributed by atoms with Gasteiger partial charge in [-0.3, -0.25) is 4.79 Å². The SMILES string of the molecule is COc1cc(-n2cc(CCN)c3cc(OC(C)=O)ccc32)cc(OC)c1OC. The van der Waals surface area contributed by atoms with Gasteiger partial charge in [0.05, 0.1) is 32.5 Å². The van der Waals surface area contributed by atoms with Gasteiger partial charge in [0, 0.05) is 30.6 Å². The quantitative estimate of drug-likeness (QED) is 0.498. The van der Waals surface area contributed by atoms with Crippen LogP contribution in [0.25, 0.3) is 16.6 Å². The molecule has 0 saturated heterocycles. The summed E-state index contributed by atoms with van der Waals surface area (Å²) in [5.41, 5.74) is 8.65. The van der Waals surface area contributed by atoms with Crippen LogP contribution in [-0.4, -0.2) is 38.4 Å². The third-order valence-corrected chi connectivity index (χ3v) is 4.46. The summed E-state index contributed by atoms with van der Waals surface area (Å²) >= 11 is 0. The standard InChI is InChI=1S/C21H24N2O5/c1-13(24)28-16-5-6-18-17(11-16)14(7-8-22)12-23(18)15-9-19(25-2)21(27-4)20(10-15)26-3/h5-6,9-12H,7-8,22H2,1-4H3. The van der Waals surface area contributed by atoms with E-state index in [0.717, 1.165) is 22.2 Å². The van der Waals surface area contributed by atoms with E-state index in [9.17, 15) is 4.79 Å². The van der Waals surface area contributed by atoms with Crippen molar-refractivity contribution in [3.05, 3.63) is 42.1 Å². The minimum absolute atomic E-state index is 0.358. The molecular formula is C21H24N2O5. The van der Waals surface area contributed by atoms with Crippen molar-refractivity contribution in [2.45, 2.75) is 13.3 Å². The zero-order valence-electron chi connectivity index (χ0n) is 16.4. The van der Waals surface area contributed by atoms with Gasteiger partial charge in [-0.15, -0.1) is 0 Å². The molecule has 0 spiro atoms. The lowest BCUT2D eigenvalue weighted by molar-refractivity contribution is -0.131. The first kappa shape index (κ1) is 19.6.